The Morgan fingerprint density at radius 1 is 0.524 bits per heavy atom. The predicted octanol–water partition coefficient (Wildman–Crippen LogP) is 6.31. The van der Waals surface area contributed by atoms with Crippen LogP contribution in [0.25, 0.3) is 32.7 Å². The molecule has 0 bridgehead atoms. The van der Waals surface area contributed by atoms with Crippen molar-refractivity contribution >= 4 is 33.1 Å². The Bertz CT molecular complexity index is 949. The highest BCUT2D eigenvalue weighted by Gasteiger charge is 2.07. The second-order valence-electron chi connectivity index (χ2n) is 5.20. The fraction of sp³-hybridized carbons (Fsp3) is 0. The summed E-state index contributed by atoms with van der Waals surface area (Å²) in [5, 5.41) is 5.73. The topological polar surface area (TPSA) is 0 Å². The van der Waals surface area contributed by atoms with Crippen LogP contribution in [0.4, 0.5) is 0 Å². The van der Waals surface area contributed by atoms with E-state index in [2.05, 4.69) is 66.7 Å². The molecule has 4 aromatic rings. The Kier molecular flexibility index (Phi) is 2.90. The molecular formula is C20H13Cl. The highest BCUT2D eigenvalue weighted by Crippen LogP contribution is 2.34. The van der Waals surface area contributed by atoms with E-state index in [1.807, 2.05) is 12.1 Å². The van der Waals surface area contributed by atoms with Crippen molar-refractivity contribution in [3.05, 3.63) is 83.9 Å². The number of fused-ring (bicyclic) bond motifs is 2. The third-order valence-corrected chi connectivity index (χ3v) is 4.16. The molecule has 0 heterocycles. The molecular weight excluding hydrogens is 276 g/mol. The number of hydrogen-bond donors (Lipinski definition) is 0. The van der Waals surface area contributed by atoms with E-state index in [9.17, 15) is 0 Å². The second-order valence-corrected chi connectivity index (χ2v) is 5.63. The summed E-state index contributed by atoms with van der Waals surface area (Å²) in [4.78, 5) is 0. The molecule has 0 aliphatic rings. The largest absolute Gasteiger partial charge is 0.0843 e. The van der Waals surface area contributed by atoms with E-state index in [1.165, 1.54) is 32.7 Å². The van der Waals surface area contributed by atoms with Gasteiger partial charge in [0.05, 0.1) is 0 Å². The molecule has 0 amide bonds. The average molecular weight is 289 g/mol. The Labute approximate surface area is 128 Å². The third-order valence-electron chi connectivity index (χ3n) is 3.92. The molecule has 0 fully saturated rings. The first-order chi connectivity index (χ1) is 10.3. The van der Waals surface area contributed by atoms with E-state index in [1.54, 1.807) is 0 Å². The normalized spacial score (nSPS) is 11.1. The zero-order valence-corrected chi connectivity index (χ0v) is 12.1. The molecule has 0 spiro atoms. The van der Waals surface area contributed by atoms with Crippen LogP contribution in [-0.2, 0) is 0 Å². The number of rotatable bonds is 1. The van der Waals surface area contributed by atoms with Gasteiger partial charge in [0.1, 0.15) is 0 Å². The molecule has 0 unspecified atom stereocenters. The van der Waals surface area contributed by atoms with Crippen molar-refractivity contribution < 1.29 is 0 Å². The van der Waals surface area contributed by atoms with Crippen molar-refractivity contribution in [3.8, 4) is 11.1 Å². The summed E-state index contributed by atoms with van der Waals surface area (Å²) in [5.41, 5.74) is 2.52. The van der Waals surface area contributed by atoms with E-state index in [0.717, 1.165) is 5.02 Å². The van der Waals surface area contributed by atoms with Gasteiger partial charge in [0.15, 0.2) is 0 Å². The minimum Gasteiger partial charge on any atom is -0.0843 e. The maximum Gasteiger partial charge on any atom is 0.0412 e. The van der Waals surface area contributed by atoms with Crippen molar-refractivity contribution in [2.75, 3.05) is 0 Å². The van der Waals surface area contributed by atoms with E-state index in [4.69, 9.17) is 11.6 Å². The molecule has 21 heavy (non-hydrogen) atoms. The Morgan fingerprint density at radius 3 is 1.95 bits per heavy atom. The van der Waals surface area contributed by atoms with E-state index in [0.29, 0.717) is 0 Å². The molecule has 0 aliphatic carbocycles. The minimum absolute atomic E-state index is 0.776. The van der Waals surface area contributed by atoms with Gasteiger partial charge in [0, 0.05) is 5.02 Å². The number of hydrogen-bond acceptors (Lipinski definition) is 0. The Hall–Kier alpha value is -2.31. The molecule has 100 valence electrons. The number of benzene rings is 4. The molecule has 0 radical (unpaired) electrons. The molecule has 1 heteroatoms. The quantitative estimate of drug-likeness (QED) is 0.385. The summed E-state index contributed by atoms with van der Waals surface area (Å²) >= 11 is 6.11. The highest BCUT2D eigenvalue weighted by atomic mass is 35.5. The lowest BCUT2D eigenvalue weighted by Crippen LogP contribution is -1.84. The smallest absolute Gasteiger partial charge is 0.0412 e. The Balaban J connectivity index is 2.09. The van der Waals surface area contributed by atoms with E-state index < -0.39 is 0 Å². The predicted molar refractivity (Wildman–Crippen MR) is 91.9 cm³/mol. The van der Waals surface area contributed by atoms with Crippen molar-refractivity contribution in [3.63, 3.8) is 0 Å². The molecule has 0 saturated carbocycles. The van der Waals surface area contributed by atoms with Gasteiger partial charge in [-0.2, -0.15) is 0 Å². The van der Waals surface area contributed by atoms with Crippen LogP contribution in [-0.4, -0.2) is 0 Å². The lowest BCUT2D eigenvalue weighted by molar-refractivity contribution is 1.68. The average Bonchev–Trinajstić information content (AvgIpc) is 2.53. The van der Waals surface area contributed by atoms with Crippen LogP contribution in [0.5, 0.6) is 0 Å². The lowest BCUT2D eigenvalue weighted by Gasteiger charge is -2.10. The first-order valence-electron chi connectivity index (χ1n) is 6.99. The molecule has 4 rings (SSSR count). The fourth-order valence-electron chi connectivity index (χ4n) is 2.95. The summed E-state index contributed by atoms with van der Waals surface area (Å²) in [5.74, 6) is 0. The zero-order chi connectivity index (χ0) is 14.2. The van der Waals surface area contributed by atoms with Crippen molar-refractivity contribution in [1.82, 2.24) is 0 Å². The van der Waals surface area contributed by atoms with E-state index >= 15 is 0 Å². The molecule has 0 nitrogen and oxygen atoms in total. The van der Waals surface area contributed by atoms with Crippen LogP contribution in [0.1, 0.15) is 0 Å². The van der Waals surface area contributed by atoms with Gasteiger partial charge >= 0.3 is 0 Å². The summed E-state index contributed by atoms with van der Waals surface area (Å²) in [6.07, 6.45) is 0. The lowest BCUT2D eigenvalue weighted by atomic mass is 9.94. The SMILES string of the molecule is Clc1ccc2c(-c3cccc4ccccc34)cccc2c1. The van der Waals surface area contributed by atoms with Gasteiger partial charge in [-0.25, -0.2) is 0 Å². The van der Waals surface area contributed by atoms with Gasteiger partial charge in [-0.1, -0.05) is 78.3 Å². The number of halogens is 1. The third kappa shape index (κ3) is 2.09. The summed E-state index contributed by atoms with van der Waals surface area (Å²) in [7, 11) is 0. The Morgan fingerprint density at radius 2 is 1.14 bits per heavy atom. The van der Waals surface area contributed by atoms with Crippen molar-refractivity contribution in [2.24, 2.45) is 0 Å². The summed E-state index contributed by atoms with van der Waals surface area (Å²) in [6, 6.07) is 27.4. The summed E-state index contributed by atoms with van der Waals surface area (Å²) < 4.78 is 0. The molecule has 0 aromatic heterocycles. The van der Waals surface area contributed by atoms with Crippen molar-refractivity contribution in [2.45, 2.75) is 0 Å². The first-order valence-corrected chi connectivity index (χ1v) is 7.37. The highest BCUT2D eigenvalue weighted by molar-refractivity contribution is 6.31. The molecule has 0 saturated heterocycles. The van der Waals surface area contributed by atoms with Crippen LogP contribution in [0.15, 0.2) is 78.9 Å². The van der Waals surface area contributed by atoms with Gasteiger partial charge in [-0.05, 0) is 44.8 Å². The fourth-order valence-corrected chi connectivity index (χ4v) is 3.13. The van der Waals surface area contributed by atoms with Gasteiger partial charge in [-0.3, -0.25) is 0 Å². The van der Waals surface area contributed by atoms with Gasteiger partial charge < -0.3 is 0 Å². The first kappa shape index (κ1) is 12.4. The maximum absolute atomic E-state index is 6.11. The minimum atomic E-state index is 0.776. The zero-order valence-electron chi connectivity index (χ0n) is 11.4. The summed E-state index contributed by atoms with van der Waals surface area (Å²) in [6.45, 7) is 0. The van der Waals surface area contributed by atoms with Gasteiger partial charge in [-0.15, -0.1) is 0 Å². The van der Waals surface area contributed by atoms with Gasteiger partial charge in [0.25, 0.3) is 0 Å². The van der Waals surface area contributed by atoms with Gasteiger partial charge in [0.2, 0.25) is 0 Å². The van der Waals surface area contributed by atoms with Crippen LogP contribution in [0.2, 0.25) is 5.02 Å². The molecule has 0 aliphatic heterocycles. The standard InChI is InChI=1S/C20H13Cl/c21-16-11-12-18-15(13-16)7-4-10-20(18)19-9-3-6-14-5-1-2-8-17(14)19/h1-13H. The second kappa shape index (κ2) is 4.91. The van der Waals surface area contributed by atoms with E-state index in [-0.39, 0.29) is 0 Å². The van der Waals surface area contributed by atoms with Crippen LogP contribution >= 0.6 is 11.6 Å². The molecule has 4 aromatic carbocycles. The molecule has 0 atom stereocenters. The van der Waals surface area contributed by atoms with Crippen molar-refractivity contribution in [1.29, 1.82) is 0 Å². The maximum atomic E-state index is 6.11. The van der Waals surface area contributed by atoms with Crippen LogP contribution < -0.4 is 0 Å². The van der Waals surface area contributed by atoms with Crippen LogP contribution in [0.3, 0.4) is 0 Å². The molecule has 0 N–H and O–H groups in total. The van der Waals surface area contributed by atoms with Crippen LogP contribution in [0, 0.1) is 0 Å². The monoisotopic (exact) mass is 288 g/mol.